The van der Waals surface area contributed by atoms with Gasteiger partial charge in [0, 0.05) is 0 Å². The van der Waals surface area contributed by atoms with Crippen molar-refractivity contribution in [1.82, 2.24) is 0 Å². The van der Waals surface area contributed by atoms with Crippen LogP contribution in [0.4, 0.5) is 0 Å². The molecule has 0 aromatic heterocycles. The predicted octanol–water partition coefficient (Wildman–Crippen LogP) is 6.35. The molecule has 2 rings (SSSR count). The van der Waals surface area contributed by atoms with Crippen LogP contribution in [0.15, 0.2) is 71.9 Å². The van der Waals surface area contributed by atoms with Crippen molar-refractivity contribution >= 4 is 5.57 Å². The van der Waals surface area contributed by atoms with E-state index in [1.165, 1.54) is 44.6 Å². The highest BCUT2D eigenvalue weighted by atomic mass is 14.2. The fraction of sp³-hybridized carbons (Fsp3) is 0.273. The van der Waals surface area contributed by atoms with Crippen LogP contribution in [0.25, 0.3) is 5.57 Å². The van der Waals surface area contributed by atoms with E-state index in [1.54, 1.807) is 0 Å². The molecule has 0 heterocycles. The first-order chi connectivity index (χ1) is 10.5. The van der Waals surface area contributed by atoms with Crippen molar-refractivity contribution in [3.63, 3.8) is 0 Å². The van der Waals surface area contributed by atoms with E-state index in [1.807, 2.05) is 12.2 Å². The molecule has 1 aliphatic rings. The maximum absolute atomic E-state index is 4.27. The molecule has 0 bridgehead atoms. The molecular weight excluding hydrogens is 264 g/mol. The Labute approximate surface area is 135 Å². The van der Waals surface area contributed by atoms with Crippen LogP contribution in [0.1, 0.15) is 43.9 Å². The lowest BCUT2D eigenvalue weighted by Gasteiger charge is -2.25. The van der Waals surface area contributed by atoms with E-state index in [0.29, 0.717) is 0 Å². The molecule has 0 nitrogen and oxygen atoms in total. The van der Waals surface area contributed by atoms with Gasteiger partial charge in [-0.3, -0.25) is 0 Å². The van der Waals surface area contributed by atoms with Crippen molar-refractivity contribution in [2.45, 2.75) is 40.5 Å². The summed E-state index contributed by atoms with van der Waals surface area (Å²) in [5.74, 6) is 0. The Kier molecular flexibility index (Phi) is 5.03. The first-order valence-corrected chi connectivity index (χ1v) is 7.97. The average Bonchev–Trinajstić information content (AvgIpc) is 2.50. The van der Waals surface area contributed by atoms with Gasteiger partial charge in [-0.1, -0.05) is 62.1 Å². The van der Waals surface area contributed by atoms with Gasteiger partial charge in [0.2, 0.25) is 0 Å². The van der Waals surface area contributed by atoms with Crippen molar-refractivity contribution in [1.29, 1.82) is 0 Å². The summed E-state index contributed by atoms with van der Waals surface area (Å²) in [6.45, 7) is 16.9. The van der Waals surface area contributed by atoms with Crippen LogP contribution in [-0.2, 0) is 6.42 Å². The van der Waals surface area contributed by atoms with E-state index in [-0.39, 0.29) is 0 Å². The molecule has 1 aromatic carbocycles. The third-order valence-electron chi connectivity index (χ3n) is 4.49. The van der Waals surface area contributed by atoms with Crippen molar-refractivity contribution in [2.24, 2.45) is 0 Å². The molecule has 1 aliphatic carbocycles. The largest absolute Gasteiger partial charge is 0.0991 e. The van der Waals surface area contributed by atoms with Crippen molar-refractivity contribution < 1.29 is 0 Å². The maximum Gasteiger partial charge on any atom is -0.00637 e. The van der Waals surface area contributed by atoms with E-state index < -0.39 is 0 Å². The minimum atomic E-state index is 0.957. The Hall–Kier alpha value is -2.08. The summed E-state index contributed by atoms with van der Waals surface area (Å²) < 4.78 is 0. The zero-order valence-corrected chi connectivity index (χ0v) is 14.3. The minimum Gasteiger partial charge on any atom is -0.0991 e. The average molecular weight is 290 g/mol. The molecular formula is C22H26. The summed E-state index contributed by atoms with van der Waals surface area (Å²) in [7, 11) is 0. The highest BCUT2D eigenvalue weighted by Gasteiger charge is 2.20. The third kappa shape index (κ3) is 3.06. The molecule has 0 spiro atoms. The summed E-state index contributed by atoms with van der Waals surface area (Å²) in [4.78, 5) is 0. The van der Waals surface area contributed by atoms with Crippen LogP contribution < -0.4 is 0 Å². The van der Waals surface area contributed by atoms with Crippen molar-refractivity contribution in [3.05, 3.63) is 88.6 Å². The highest BCUT2D eigenvalue weighted by Crippen LogP contribution is 2.40. The number of allylic oxidation sites excluding steroid dienone is 8. The van der Waals surface area contributed by atoms with Gasteiger partial charge >= 0.3 is 0 Å². The Balaban J connectivity index is 2.72. The van der Waals surface area contributed by atoms with Crippen molar-refractivity contribution in [3.8, 4) is 0 Å². The highest BCUT2D eigenvalue weighted by molar-refractivity contribution is 5.89. The summed E-state index contributed by atoms with van der Waals surface area (Å²) in [5.41, 5.74) is 10.6. The second-order valence-corrected chi connectivity index (χ2v) is 6.07. The molecule has 1 aromatic rings. The smallest absolute Gasteiger partial charge is 0.00637 e. The van der Waals surface area contributed by atoms with E-state index in [2.05, 4.69) is 65.1 Å². The van der Waals surface area contributed by atoms with Crippen LogP contribution >= 0.6 is 0 Å². The van der Waals surface area contributed by atoms with Crippen LogP contribution in [0.5, 0.6) is 0 Å². The maximum atomic E-state index is 4.27. The van der Waals surface area contributed by atoms with Crippen LogP contribution in [0.2, 0.25) is 0 Å². The Morgan fingerprint density at radius 1 is 1.18 bits per heavy atom. The standard InChI is InChI=1S/C22H26/c1-7-9-10-20-17(5)13-16(4)18(6)22(20)21-14-19(8-2)12-11-15(21)3/h7,9-12,14H,1,4,8,13H2,2-3,5-6H3/b10-9-. The number of hydrogen-bond donors (Lipinski definition) is 0. The summed E-state index contributed by atoms with van der Waals surface area (Å²) in [6, 6.07) is 6.79. The van der Waals surface area contributed by atoms with Gasteiger partial charge in [-0.2, -0.15) is 0 Å². The molecule has 0 atom stereocenters. The first kappa shape index (κ1) is 16.3. The molecule has 0 saturated heterocycles. The van der Waals surface area contributed by atoms with E-state index >= 15 is 0 Å². The molecule has 0 aliphatic heterocycles. The zero-order valence-electron chi connectivity index (χ0n) is 14.3. The fourth-order valence-electron chi connectivity index (χ4n) is 3.04. The van der Waals surface area contributed by atoms with Gasteiger partial charge in [-0.15, -0.1) is 0 Å². The molecule has 0 saturated carbocycles. The third-order valence-corrected chi connectivity index (χ3v) is 4.49. The van der Waals surface area contributed by atoms with Crippen LogP contribution in [-0.4, -0.2) is 0 Å². The normalized spacial score (nSPS) is 15.9. The SMILES string of the molecule is C=C/C=C\C1=C(C)CC(=C)C(C)=C1c1cc(CC)ccc1C. The van der Waals surface area contributed by atoms with Crippen LogP contribution in [0.3, 0.4) is 0 Å². The molecule has 114 valence electrons. The fourth-order valence-corrected chi connectivity index (χ4v) is 3.04. The summed E-state index contributed by atoms with van der Waals surface area (Å²) in [6.07, 6.45) is 8.07. The first-order valence-electron chi connectivity index (χ1n) is 7.97. The molecule has 0 unspecified atom stereocenters. The monoisotopic (exact) mass is 290 g/mol. The van der Waals surface area contributed by atoms with Crippen molar-refractivity contribution in [2.75, 3.05) is 0 Å². The Morgan fingerprint density at radius 2 is 1.91 bits per heavy atom. The molecule has 0 radical (unpaired) electrons. The predicted molar refractivity (Wildman–Crippen MR) is 98.9 cm³/mol. The van der Waals surface area contributed by atoms with E-state index in [0.717, 1.165) is 12.8 Å². The molecule has 0 N–H and O–H groups in total. The molecule has 0 fully saturated rings. The Morgan fingerprint density at radius 3 is 2.55 bits per heavy atom. The van der Waals surface area contributed by atoms with E-state index in [4.69, 9.17) is 0 Å². The second-order valence-electron chi connectivity index (χ2n) is 6.07. The zero-order chi connectivity index (χ0) is 16.3. The number of aryl methyl sites for hydroxylation is 2. The lowest BCUT2D eigenvalue weighted by molar-refractivity contribution is 1.07. The number of benzene rings is 1. The summed E-state index contributed by atoms with van der Waals surface area (Å²) in [5, 5.41) is 0. The molecule has 0 heteroatoms. The van der Waals surface area contributed by atoms with E-state index in [9.17, 15) is 0 Å². The summed E-state index contributed by atoms with van der Waals surface area (Å²) >= 11 is 0. The molecule has 0 amide bonds. The lowest BCUT2D eigenvalue weighted by atomic mass is 9.79. The topological polar surface area (TPSA) is 0 Å². The number of hydrogen-bond acceptors (Lipinski definition) is 0. The minimum absolute atomic E-state index is 0.957. The Bertz CT molecular complexity index is 706. The van der Waals surface area contributed by atoms with Gasteiger partial charge in [0.1, 0.15) is 0 Å². The van der Waals surface area contributed by atoms with Gasteiger partial charge in [0.05, 0.1) is 0 Å². The van der Waals surface area contributed by atoms with Gasteiger partial charge in [-0.25, -0.2) is 0 Å². The van der Waals surface area contributed by atoms with Gasteiger partial charge < -0.3 is 0 Å². The second kappa shape index (κ2) is 6.79. The van der Waals surface area contributed by atoms with Crippen LogP contribution in [0, 0.1) is 6.92 Å². The van der Waals surface area contributed by atoms with Gasteiger partial charge in [-0.05, 0) is 72.6 Å². The lowest BCUT2D eigenvalue weighted by Crippen LogP contribution is -2.05. The quantitative estimate of drug-likeness (QED) is 0.567. The van der Waals surface area contributed by atoms with Gasteiger partial charge in [0.15, 0.2) is 0 Å². The molecule has 22 heavy (non-hydrogen) atoms. The van der Waals surface area contributed by atoms with Gasteiger partial charge in [0.25, 0.3) is 0 Å². The number of rotatable bonds is 4.